The van der Waals surface area contributed by atoms with Crippen LogP contribution in [0.4, 0.5) is 0 Å². The van der Waals surface area contributed by atoms with Crippen LogP contribution < -0.4 is 5.32 Å². The van der Waals surface area contributed by atoms with E-state index >= 15 is 0 Å². The molecule has 2 aliphatic rings. The summed E-state index contributed by atoms with van der Waals surface area (Å²) >= 11 is 0. The van der Waals surface area contributed by atoms with Crippen molar-refractivity contribution in [2.75, 3.05) is 13.1 Å². The Kier molecular flexibility index (Phi) is 6.15. The highest BCUT2D eigenvalue weighted by atomic mass is 16.2. The molecule has 1 unspecified atom stereocenters. The van der Waals surface area contributed by atoms with Gasteiger partial charge in [0.15, 0.2) is 0 Å². The zero-order valence-corrected chi connectivity index (χ0v) is 12.5. The van der Waals surface area contributed by atoms with Crippen LogP contribution in [0.2, 0.25) is 0 Å². The second-order valence-corrected chi connectivity index (χ2v) is 6.18. The predicted molar refractivity (Wildman–Crippen MR) is 79.1 cm³/mol. The van der Waals surface area contributed by atoms with Gasteiger partial charge in [-0.3, -0.25) is 4.79 Å². The highest BCUT2D eigenvalue weighted by Gasteiger charge is 2.32. The lowest BCUT2D eigenvalue weighted by Crippen LogP contribution is -2.54. The van der Waals surface area contributed by atoms with E-state index in [2.05, 4.69) is 17.1 Å². The summed E-state index contributed by atoms with van der Waals surface area (Å²) in [6.07, 6.45) is 12.5. The highest BCUT2D eigenvalue weighted by Crippen LogP contribution is 2.25. The molecule has 0 bridgehead atoms. The van der Waals surface area contributed by atoms with Gasteiger partial charge < -0.3 is 10.2 Å². The predicted octanol–water partition coefficient (Wildman–Crippen LogP) is 3.09. The number of carbonyl (C=O) groups excluding carboxylic acids is 1. The number of hydrogen-bond acceptors (Lipinski definition) is 2. The lowest BCUT2D eigenvalue weighted by atomic mass is 9.93. The average molecular weight is 266 g/mol. The van der Waals surface area contributed by atoms with Crippen LogP contribution >= 0.6 is 0 Å². The van der Waals surface area contributed by atoms with Crippen molar-refractivity contribution in [1.82, 2.24) is 10.2 Å². The lowest BCUT2D eigenvalue weighted by molar-refractivity contribution is -0.139. The molecule has 19 heavy (non-hydrogen) atoms. The monoisotopic (exact) mass is 266 g/mol. The molecule has 2 fully saturated rings. The summed E-state index contributed by atoms with van der Waals surface area (Å²) in [5.74, 6) is 0.380. The van der Waals surface area contributed by atoms with Gasteiger partial charge in [0.05, 0.1) is 6.04 Å². The molecule has 1 saturated carbocycles. The second kappa shape index (κ2) is 7.88. The van der Waals surface area contributed by atoms with Crippen LogP contribution in [0.1, 0.15) is 71.1 Å². The number of piperidine rings is 1. The van der Waals surface area contributed by atoms with Crippen molar-refractivity contribution in [3.05, 3.63) is 0 Å². The smallest absolute Gasteiger partial charge is 0.239 e. The minimum absolute atomic E-state index is 0.0964. The maximum atomic E-state index is 12.6. The molecular formula is C16H30N2O. The first-order valence-corrected chi connectivity index (χ1v) is 8.36. The molecule has 110 valence electrons. The Morgan fingerprint density at radius 1 is 1.05 bits per heavy atom. The molecule has 1 aliphatic heterocycles. The van der Waals surface area contributed by atoms with Crippen molar-refractivity contribution in [2.45, 2.75) is 83.2 Å². The summed E-state index contributed by atoms with van der Waals surface area (Å²) in [6.45, 7) is 4.12. The molecule has 0 aromatic carbocycles. The zero-order valence-electron chi connectivity index (χ0n) is 12.5. The summed E-state index contributed by atoms with van der Waals surface area (Å²) in [5, 5.41) is 3.43. The fourth-order valence-electron chi connectivity index (χ4n) is 3.52. The summed E-state index contributed by atoms with van der Waals surface area (Å²) < 4.78 is 0. The van der Waals surface area contributed by atoms with Crippen LogP contribution in [-0.2, 0) is 4.79 Å². The molecule has 1 atom stereocenters. The topological polar surface area (TPSA) is 32.3 Å². The fourth-order valence-corrected chi connectivity index (χ4v) is 3.52. The van der Waals surface area contributed by atoms with Gasteiger partial charge in [-0.1, -0.05) is 39.0 Å². The summed E-state index contributed by atoms with van der Waals surface area (Å²) in [5.41, 5.74) is 0. The third-order valence-corrected chi connectivity index (χ3v) is 4.63. The van der Waals surface area contributed by atoms with Gasteiger partial charge in [0, 0.05) is 12.6 Å². The van der Waals surface area contributed by atoms with Gasteiger partial charge in [0.25, 0.3) is 0 Å². The Bertz CT molecular complexity index is 272. The molecule has 0 aromatic heterocycles. The number of amides is 1. The summed E-state index contributed by atoms with van der Waals surface area (Å²) in [7, 11) is 0. The first kappa shape index (κ1) is 14.8. The van der Waals surface area contributed by atoms with E-state index in [-0.39, 0.29) is 6.04 Å². The van der Waals surface area contributed by atoms with Crippen molar-refractivity contribution in [2.24, 2.45) is 0 Å². The van der Waals surface area contributed by atoms with Gasteiger partial charge in [-0.15, -0.1) is 0 Å². The molecule has 1 saturated heterocycles. The van der Waals surface area contributed by atoms with E-state index < -0.39 is 0 Å². The second-order valence-electron chi connectivity index (χ2n) is 6.18. The van der Waals surface area contributed by atoms with E-state index in [1.54, 1.807) is 0 Å². The normalized spacial score (nSPS) is 27.1. The third-order valence-electron chi connectivity index (χ3n) is 4.63. The fraction of sp³-hybridized carbons (Fsp3) is 0.938. The number of nitrogens with zero attached hydrogens (tertiary/aromatic N) is 1. The van der Waals surface area contributed by atoms with Crippen LogP contribution in [0.5, 0.6) is 0 Å². The number of rotatable bonds is 4. The minimum atomic E-state index is 0.0964. The standard InChI is InChI=1S/C16H30N2O/c1-2-12-17-15-11-8-13-18(16(15)19)14-9-6-4-3-5-7-10-14/h14-15,17H,2-13H2,1H3. The Morgan fingerprint density at radius 3 is 2.42 bits per heavy atom. The zero-order chi connectivity index (χ0) is 13.5. The maximum absolute atomic E-state index is 12.6. The number of hydrogen-bond donors (Lipinski definition) is 1. The Labute approximate surface area is 118 Å². The molecule has 2 rings (SSSR count). The highest BCUT2D eigenvalue weighted by molar-refractivity contribution is 5.82. The maximum Gasteiger partial charge on any atom is 0.239 e. The summed E-state index contributed by atoms with van der Waals surface area (Å²) in [6, 6.07) is 0.623. The quantitative estimate of drug-likeness (QED) is 0.848. The molecule has 1 heterocycles. The molecule has 0 radical (unpaired) electrons. The van der Waals surface area contributed by atoms with Crippen molar-refractivity contribution in [1.29, 1.82) is 0 Å². The molecule has 0 spiro atoms. The number of carbonyl (C=O) groups is 1. The van der Waals surface area contributed by atoms with Crippen molar-refractivity contribution in [3.8, 4) is 0 Å². The van der Waals surface area contributed by atoms with Crippen LogP contribution in [-0.4, -0.2) is 36.0 Å². The van der Waals surface area contributed by atoms with Gasteiger partial charge in [-0.25, -0.2) is 0 Å². The van der Waals surface area contributed by atoms with E-state index in [9.17, 15) is 4.79 Å². The first-order chi connectivity index (χ1) is 9.33. The number of likely N-dealkylation sites (tertiary alicyclic amines) is 1. The first-order valence-electron chi connectivity index (χ1n) is 8.36. The van der Waals surface area contributed by atoms with Crippen molar-refractivity contribution < 1.29 is 4.79 Å². The van der Waals surface area contributed by atoms with Crippen LogP contribution in [0.3, 0.4) is 0 Å². The van der Waals surface area contributed by atoms with E-state index in [0.29, 0.717) is 11.9 Å². The van der Waals surface area contributed by atoms with Crippen LogP contribution in [0.15, 0.2) is 0 Å². The van der Waals surface area contributed by atoms with Gasteiger partial charge in [-0.05, 0) is 38.6 Å². The van der Waals surface area contributed by atoms with Crippen molar-refractivity contribution >= 4 is 5.91 Å². The Morgan fingerprint density at radius 2 is 1.74 bits per heavy atom. The van der Waals surface area contributed by atoms with E-state index in [1.807, 2.05) is 0 Å². The van der Waals surface area contributed by atoms with Gasteiger partial charge in [0.2, 0.25) is 5.91 Å². The van der Waals surface area contributed by atoms with Crippen molar-refractivity contribution in [3.63, 3.8) is 0 Å². The molecule has 0 aromatic rings. The lowest BCUT2D eigenvalue weighted by Gasteiger charge is -2.39. The average Bonchev–Trinajstić information content (AvgIpc) is 2.38. The van der Waals surface area contributed by atoms with E-state index in [4.69, 9.17) is 0 Å². The summed E-state index contributed by atoms with van der Waals surface area (Å²) in [4.78, 5) is 14.8. The number of nitrogens with one attached hydrogen (secondary N) is 1. The molecular weight excluding hydrogens is 236 g/mol. The molecule has 3 nitrogen and oxygen atoms in total. The SMILES string of the molecule is CCCNC1CCCN(C2CCCCCCC2)C1=O. The van der Waals surface area contributed by atoms with Gasteiger partial charge in [-0.2, -0.15) is 0 Å². The van der Waals surface area contributed by atoms with Crippen LogP contribution in [0.25, 0.3) is 0 Å². The Balaban J connectivity index is 1.91. The molecule has 3 heteroatoms. The molecule has 1 N–H and O–H groups in total. The molecule has 1 amide bonds. The third kappa shape index (κ3) is 4.20. The van der Waals surface area contributed by atoms with Gasteiger partial charge in [0.1, 0.15) is 0 Å². The molecule has 1 aliphatic carbocycles. The van der Waals surface area contributed by atoms with E-state index in [0.717, 1.165) is 25.9 Å². The largest absolute Gasteiger partial charge is 0.338 e. The van der Waals surface area contributed by atoms with E-state index in [1.165, 1.54) is 51.4 Å². The minimum Gasteiger partial charge on any atom is -0.338 e. The van der Waals surface area contributed by atoms with Gasteiger partial charge >= 0.3 is 0 Å². The van der Waals surface area contributed by atoms with Crippen LogP contribution in [0, 0.1) is 0 Å². The Hall–Kier alpha value is -0.570.